The van der Waals surface area contributed by atoms with Crippen LogP contribution in [-0.2, 0) is 6.54 Å². The molecule has 112 valence electrons. The van der Waals surface area contributed by atoms with E-state index in [4.69, 9.17) is 5.73 Å². The molecule has 4 heteroatoms. The molecule has 0 bridgehead atoms. The van der Waals surface area contributed by atoms with E-state index in [1.54, 1.807) is 0 Å². The molecule has 1 saturated heterocycles. The van der Waals surface area contributed by atoms with E-state index in [-0.39, 0.29) is 0 Å². The second-order valence-corrected chi connectivity index (χ2v) is 6.38. The summed E-state index contributed by atoms with van der Waals surface area (Å²) in [5.74, 6) is 0.588. The average Bonchev–Trinajstić information content (AvgIpc) is 3.23. The first-order chi connectivity index (χ1) is 9.85. The zero-order chi connectivity index (χ0) is 13.9. The molecule has 1 aromatic heterocycles. The Labute approximate surface area is 122 Å². The highest BCUT2D eigenvalue weighted by Gasteiger charge is 2.40. The van der Waals surface area contributed by atoms with Gasteiger partial charge in [0.05, 0.1) is 11.7 Å². The average molecular weight is 276 g/mol. The van der Waals surface area contributed by atoms with Crippen molar-refractivity contribution in [1.29, 1.82) is 0 Å². The Bertz CT molecular complexity index is 424. The molecular weight excluding hydrogens is 248 g/mol. The molecular formula is C16H28N4. The van der Waals surface area contributed by atoms with Gasteiger partial charge in [-0.1, -0.05) is 13.3 Å². The van der Waals surface area contributed by atoms with Crippen LogP contribution in [0.2, 0.25) is 0 Å². The lowest BCUT2D eigenvalue weighted by Crippen LogP contribution is -2.38. The lowest BCUT2D eigenvalue weighted by Gasteiger charge is -2.35. The van der Waals surface area contributed by atoms with Gasteiger partial charge in [0.2, 0.25) is 0 Å². The number of likely N-dealkylation sites (tertiary alicyclic amines) is 1. The van der Waals surface area contributed by atoms with E-state index in [0.29, 0.717) is 12.0 Å². The number of nitrogens with two attached hydrogens (primary N) is 1. The number of hydrogen-bond donors (Lipinski definition) is 1. The lowest BCUT2D eigenvalue weighted by atomic mass is 9.92. The topological polar surface area (TPSA) is 47.1 Å². The van der Waals surface area contributed by atoms with Crippen molar-refractivity contribution in [2.75, 3.05) is 13.1 Å². The lowest BCUT2D eigenvalue weighted by molar-refractivity contribution is 0.140. The maximum Gasteiger partial charge on any atom is 0.0560 e. The first-order valence-electron chi connectivity index (χ1n) is 8.32. The number of aromatic nitrogens is 2. The summed E-state index contributed by atoms with van der Waals surface area (Å²) >= 11 is 0. The third-order valence-electron chi connectivity index (χ3n) is 4.85. The molecule has 1 aromatic rings. The van der Waals surface area contributed by atoms with Gasteiger partial charge in [0, 0.05) is 18.8 Å². The van der Waals surface area contributed by atoms with Gasteiger partial charge in [-0.3, -0.25) is 9.58 Å². The molecule has 2 atom stereocenters. The highest BCUT2D eigenvalue weighted by molar-refractivity contribution is 5.12. The summed E-state index contributed by atoms with van der Waals surface area (Å²) in [5.41, 5.74) is 7.52. The van der Waals surface area contributed by atoms with Crippen LogP contribution in [0.5, 0.6) is 0 Å². The monoisotopic (exact) mass is 276 g/mol. The maximum atomic E-state index is 6.12. The first-order valence-corrected chi connectivity index (χ1v) is 8.32. The standard InChI is InChI=1S/C16H28N4/c1-2-10-20-15(8-9-18-20)16-13(12-17)5-3-4-11-19(16)14-6-7-14/h8-9,13-14,16H,2-7,10-12,17H2,1H3. The van der Waals surface area contributed by atoms with Crippen molar-refractivity contribution in [1.82, 2.24) is 14.7 Å². The molecule has 0 spiro atoms. The van der Waals surface area contributed by atoms with E-state index >= 15 is 0 Å². The molecule has 2 fully saturated rings. The van der Waals surface area contributed by atoms with Gasteiger partial charge in [-0.25, -0.2) is 0 Å². The summed E-state index contributed by atoms with van der Waals surface area (Å²) < 4.78 is 2.22. The normalized spacial score (nSPS) is 28.5. The van der Waals surface area contributed by atoms with E-state index < -0.39 is 0 Å². The Hall–Kier alpha value is -0.870. The second kappa shape index (κ2) is 6.27. The van der Waals surface area contributed by atoms with Crippen LogP contribution in [0.3, 0.4) is 0 Å². The van der Waals surface area contributed by atoms with Gasteiger partial charge in [0.25, 0.3) is 0 Å². The van der Waals surface area contributed by atoms with Crippen molar-refractivity contribution in [2.45, 2.75) is 64.1 Å². The number of hydrogen-bond acceptors (Lipinski definition) is 3. The Morgan fingerprint density at radius 2 is 2.15 bits per heavy atom. The summed E-state index contributed by atoms with van der Waals surface area (Å²) in [5, 5.41) is 4.54. The number of aryl methyl sites for hydroxylation is 1. The molecule has 20 heavy (non-hydrogen) atoms. The smallest absolute Gasteiger partial charge is 0.0560 e. The molecule has 4 nitrogen and oxygen atoms in total. The van der Waals surface area contributed by atoms with E-state index in [0.717, 1.165) is 25.6 Å². The van der Waals surface area contributed by atoms with Crippen molar-refractivity contribution in [3.05, 3.63) is 18.0 Å². The molecule has 2 unspecified atom stereocenters. The highest BCUT2D eigenvalue weighted by atomic mass is 15.3. The maximum absolute atomic E-state index is 6.12. The van der Waals surface area contributed by atoms with Crippen molar-refractivity contribution >= 4 is 0 Å². The third kappa shape index (κ3) is 2.77. The van der Waals surface area contributed by atoms with Gasteiger partial charge in [0.1, 0.15) is 0 Å². The van der Waals surface area contributed by atoms with Crippen LogP contribution in [0.4, 0.5) is 0 Å². The fourth-order valence-corrected chi connectivity index (χ4v) is 3.74. The second-order valence-electron chi connectivity index (χ2n) is 6.38. The van der Waals surface area contributed by atoms with E-state index in [1.807, 2.05) is 6.20 Å². The van der Waals surface area contributed by atoms with E-state index in [1.165, 1.54) is 44.3 Å². The zero-order valence-corrected chi connectivity index (χ0v) is 12.7. The summed E-state index contributed by atoms with van der Waals surface area (Å²) in [6.07, 6.45) is 9.76. The summed E-state index contributed by atoms with van der Waals surface area (Å²) in [6.45, 7) is 5.28. The predicted octanol–water partition coefficient (Wildman–Crippen LogP) is 2.56. The van der Waals surface area contributed by atoms with Gasteiger partial charge >= 0.3 is 0 Å². The van der Waals surface area contributed by atoms with Gasteiger partial charge in [-0.15, -0.1) is 0 Å². The highest BCUT2D eigenvalue weighted by Crippen LogP contribution is 2.41. The van der Waals surface area contributed by atoms with Gasteiger partial charge < -0.3 is 5.73 Å². The van der Waals surface area contributed by atoms with Crippen LogP contribution < -0.4 is 5.73 Å². The van der Waals surface area contributed by atoms with E-state index in [2.05, 4.69) is 27.7 Å². The quantitative estimate of drug-likeness (QED) is 0.899. The van der Waals surface area contributed by atoms with Crippen molar-refractivity contribution in [3.63, 3.8) is 0 Å². The molecule has 2 aliphatic rings. The van der Waals surface area contributed by atoms with Crippen molar-refractivity contribution in [2.24, 2.45) is 11.7 Å². The molecule has 1 aliphatic heterocycles. The molecule has 1 aliphatic carbocycles. The van der Waals surface area contributed by atoms with Gasteiger partial charge in [-0.05, 0) is 57.2 Å². The number of nitrogens with zero attached hydrogens (tertiary/aromatic N) is 3. The van der Waals surface area contributed by atoms with E-state index in [9.17, 15) is 0 Å². The molecule has 1 saturated carbocycles. The van der Waals surface area contributed by atoms with Crippen LogP contribution in [0.15, 0.2) is 12.3 Å². The van der Waals surface area contributed by atoms with Gasteiger partial charge in [0.15, 0.2) is 0 Å². The minimum Gasteiger partial charge on any atom is -0.330 e. The minimum atomic E-state index is 0.490. The van der Waals surface area contributed by atoms with Crippen LogP contribution in [-0.4, -0.2) is 33.8 Å². The fourth-order valence-electron chi connectivity index (χ4n) is 3.74. The molecule has 3 rings (SSSR count). The molecule has 0 aromatic carbocycles. The Kier molecular flexibility index (Phi) is 4.41. The summed E-state index contributed by atoms with van der Waals surface area (Å²) in [4.78, 5) is 2.74. The largest absolute Gasteiger partial charge is 0.330 e. The Morgan fingerprint density at radius 1 is 1.30 bits per heavy atom. The van der Waals surface area contributed by atoms with Crippen LogP contribution in [0.1, 0.15) is 57.2 Å². The van der Waals surface area contributed by atoms with Crippen molar-refractivity contribution in [3.8, 4) is 0 Å². The summed E-state index contributed by atoms with van der Waals surface area (Å²) in [7, 11) is 0. The van der Waals surface area contributed by atoms with Gasteiger partial charge in [-0.2, -0.15) is 5.10 Å². The van der Waals surface area contributed by atoms with Crippen LogP contribution >= 0.6 is 0 Å². The third-order valence-corrected chi connectivity index (χ3v) is 4.85. The number of rotatable bonds is 5. The predicted molar refractivity (Wildman–Crippen MR) is 81.4 cm³/mol. The molecule has 2 heterocycles. The molecule has 0 radical (unpaired) electrons. The molecule has 2 N–H and O–H groups in total. The zero-order valence-electron chi connectivity index (χ0n) is 12.7. The van der Waals surface area contributed by atoms with Crippen LogP contribution in [0, 0.1) is 5.92 Å². The van der Waals surface area contributed by atoms with Crippen molar-refractivity contribution < 1.29 is 0 Å². The SMILES string of the molecule is CCCn1nccc1C1C(CN)CCCCN1C1CC1. The Balaban J connectivity index is 1.91. The summed E-state index contributed by atoms with van der Waals surface area (Å²) in [6, 6.07) is 3.52. The molecule has 0 amide bonds. The first kappa shape index (κ1) is 14.1. The minimum absolute atomic E-state index is 0.490. The fraction of sp³-hybridized carbons (Fsp3) is 0.812. The van der Waals surface area contributed by atoms with Crippen LogP contribution in [0.25, 0.3) is 0 Å². The Morgan fingerprint density at radius 3 is 2.85 bits per heavy atom.